The predicted molar refractivity (Wildman–Crippen MR) is 140 cm³/mol. The topological polar surface area (TPSA) is 125 Å². The second-order valence-electron chi connectivity index (χ2n) is 9.04. The zero-order chi connectivity index (χ0) is 25.7. The first kappa shape index (κ1) is 23.9. The van der Waals surface area contributed by atoms with Crippen LogP contribution in [-0.2, 0) is 17.3 Å². The van der Waals surface area contributed by atoms with Gasteiger partial charge in [-0.3, -0.25) is 13.6 Å². The highest BCUT2D eigenvalue weighted by Gasteiger charge is 2.24. The van der Waals surface area contributed by atoms with Gasteiger partial charge in [0.05, 0.1) is 6.26 Å². The lowest BCUT2D eigenvalue weighted by atomic mass is 9.89. The van der Waals surface area contributed by atoms with Crippen molar-refractivity contribution in [1.82, 2.24) is 29.0 Å². The summed E-state index contributed by atoms with van der Waals surface area (Å²) in [6.45, 7) is 2.69. The fourth-order valence-electron chi connectivity index (χ4n) is 4.86. The molecular formula is C24H24FN7O3S2. The van der Waals surface area contributed by atoms with Crippen LogP contribution >= 0.6 is 11.3 Å². The van der Waals surface area contributed by atoms with Gasteiger partial charge in [0.25, 0.3) is 0 Å². The van der Waals surface area contributed by atoms with Gasteiger partial charge in [0.2, 0.25) is 11.8 Å². The van der Waals surface area contributed by atoms with Crippen LogP contribution in [0.3, 0.4) is 0 Å². The van der Waals surface area contributed by atoms with Crippen LogP contribution in [0.25, 0.3) is 27.6 Å². The molecule has 1 aliphatic heterocycles. The molecule has 1 fully saturated rings. The molecule has 6 rings (SSSR count). The van der Waals surface area contributed by atoms with Crippen molar-refractivity contribution < 1.29 is 13.0 Å². The lowest BCUT2D eigenvalue weighted by molar-refractivity contribution is 0.204. The molecule has 0 spiro atoms. The third-order valence-electron chi connectivity index (χ3n) is 6.83. The monoisotopic (exact) mass is 541 g/mol. The normalized spacial score (nSPS) is 16.2. The minimum Gasteiger partial charge on any atom is -0.461 e. The number of benzene rings is 1. The van der Waals surface area contributed by atoms with Crippen LogP contribution in [0, 0.1) is 5.82 Å². The van der Waals surface area contributed by atoms with Crippen LogP contribution in [0.1, 0.15) is 24.3 Å². The summed E-state index contributed by atoms with van der Waals surface area (Å²) in [4.78, 5) is 24.5. The first-order chi connectivity index (χ1) is 17.9. The molecule has 0 saturated carbocycles. The molecule has 5 heterocycles. The standard InChI is InChI=1S/C24H24FN7O3S2/c1-37(34)15-4-5-16(17(25)13-15)14-6-8-30(9-7-14)10-11-31-21-19(36-24(31)33)22-27-20(18-3-2-12-35-18)29-32(22)23(26)28-21/h2-5,12-14H,6-11H2,1H3,(H2,26,28)/t37-/m0/s1. The number of hydrogen-bond donors (Lipinski definition) is 1. The van der Waals surface area contributed by atoms with E-state index in [2.05, 4.69) is 20.0 Å². The zero-order valence-electron chi connectivity index (χ0n) is 20.0. The number of nitrogens with two attached hydrogens (primary N) is 1. The summed E-state index contributed by atoms with van der Waals surface area (Å²) in [7, 11) is -1.20. The van der Waals surface area contributed by atoms with Gasteiger partial charge < -0.3 is 15.1 Å². The molecule has 1 aliphatic rings. The summed E-state index contributed by atoms with van der Waals surface area (Å²) in [5.41, 5.74) is 7.80. The van der Waals surface area contributed by atoms with E-state index in [9.17, 15) is 13.4 Å². The summed E-state index contributed by atoms with van der Waals surface area (Å²) in [5, 5.41) is 4.38. The molecule has 2 N–H and O–H groups in total. The Kier molecular flexibility index (Phi) is 6.13. The quantitative estimate of drug-likeness (QED) is 0.348. The Morgan fingerprint density at radius 1 is 1.19 bits per heavy atom. The van der Waals surface area contributed by atoms with Crippen LogP contribution in [0.5, 0.6) is 0 Å². The predicted octanol–water partition coefficient (Wildman–Crippen LogP) is 3.10. The molecule has 10 nitrogen and oxygen atoms in total. The van der Waals surface area contributed by atoms with Gasteiger partial charge in [-0.2, -0.15) is 9.50 Å². The number of anilines is 1. The van der Waals surface area contributed by atoms with Gasteiger partial charge in [-0.15, -0.1) is 5.10 Å². The van der Waals surface area contributed by atoms with E-state index in [4.69, 9.17) is 10.2 Å². The zero-order valence-corrected chi connectivity index (χ0v) is 21.6. The summed E-state index contributed by atoms with van der Waals surface area (Å²) in [6, 6.07) is 8.40. The second kappa shape index (κ2) is 9.47. The van der Waals surface area contributed by atoms with Gasteiger partial charge in [-0.1, -0.05) is 17.4 Å². The SMILES string of the molecule is C[S@](=O)c1ccc(C2CCN(CCn3c(=O)sc4c3nc(N)n3nc(-c5ccco5)nc43)CC2)c(F)c1. The lowest BCUT2D eigenvalue weighted by Crippen LogP contribution is -2.36. The number of halogens is 1. The van der Waals surface area contributed by atoms with Crippen LogP contribution in [-0.4, -0.2) is 59.1 Å². The number of aromatic nitrogens is 5. The van der Waals surface area contributed by atoms with Crippen molar-refractivity contribution in [3.8, 4) is 11.6 Å². The molecule has 4 aromatic heterocycles. The Balaban J connectivity index is 1.18. The molecule has 0 aliphatic carbocycles. The van der Waals surface area contributed by atoms with Gasteiger partial charge in [0.1, 0.15) is 10.5 Å². The maximum absolute atomic E-state index is 14.6. The maximum Gasteiger partial charge on any atom is 0.309 e. The van der Waals surface area contributed by atoms with Crippen molar-refractivity contribution in [1.29, 1.82) is 0 Å². The average molecular weight is 542 g/mol. The van der Waals surface area contributed by atoms with Gasteiger partial charge in [0.15, 0.2) is 17.1 Å². The van der Waals surface area contributed by atoms with E-state index in [-0.39, 0.29) is 22.6 Å². The molecule has 1 atom stereocenters. The molecule has 5 aromatic rings. The van der Waals surface area contributed by atoms with Crippen LogP contribution in [0.2, 0.25) is 0 Å². The van der Waals surface area contributed by atoms with Crippen molar-refractivity contribution in [2.24, 2.45) is 0 Å². The van der Waals surface area contributed by atoms with Crippen molar-refractivity contribution in [3.63, 3.8) is 0 Å². The number of nitrogen functional groups attached to an aromatic ring is 1. The highest BCUT2D eigenvalue weighted by atomic mass is 32.2. The number of rotatable bonds is 6. The summed E-state index contributed by atoms with van der Waals surface area (Å²) < 4.78 is 35.3. The number of fused-ring (bicyclic) bond motifs is 3. The first-order valence-electron chi connectivity index (χ1n) is 11.8. The van der Waals surface area contributed by atoms with Gasteiger partial charge >= 0.3 is 4.87 Å². The Morgan fingerprint density at radius 2 is 2.00 bits per heavy atom. The minimum absolute atomic E-state index is 0.117. The molecule has 0 bridgehead atoms. The highest BCUT2D eigenvalue weighted by Crippen LogP contribution is 2.31. The molecule has 1 aromatic carbocycles. The van der Waals surface area contributed by atoms with Gasteiger partial charge in [-0.25, -0.2) is 9.37 Å². The molecule has 0 unspecified atom stereocenters. The average Bonchev–Trinajstić information content (AvgIpc) is 3.62. The van der Waals surface area contributed by atoms with Crippen molar-refractivity contribution in [3.05, 3.63) is 57.6 Å². The van der Waals surface area contributed by atoms with E-state index < -0.39 is 10.8 Å². The molecule has 192 valence electrons. The van der Waals surface area contributed by atoms with E-state index >= 15 is 0 Å². The number of thiazole rings is 1. The van der Waals surface area contributed by atoms with Gasteiger partial charge in [0, 0.05) is 35.0 Å². The van der Waals surface area contributed by atoms with E-state index in [0.717, 1.165) is 37.3 Å². The molecule has 1 saturated heterocycles. The van der Waals surface area contributed by atoms with E-state index in [0.29, 0.717) is 51.1 Å². The molecule has 0 amide bonds. The Morgan fingerprint density at radius 3 is 2.70 bits per heavy atom. The summed E-state index contributed by atoms with van der Waals surface area (Å²) in [6.07, 6.45) is 4.71. The van der Waals surface area contributed by atoms with E-state index in [1.807, 2.05) is 0 Å². The van der Waals surface area contributed by atoms with Crippen LogP contribution in [0.4, 0.5) is 10.3 Å². The second-order valence-corrected chi connectivity index (χ2v) is 11.4. The largest absolute Gasteiger partial charge is 0.461 e. The smallest absolute Gasteiger partial charge is 0.309 e. The maximum atomic E-state index is 14.6. The van der Waals surface area contributed by atoms with Crippen molar-refractivity contribution in [2.75, 3.05) is 31.6 Å². The number of piperidine rings is 1. The van der Waals surface area contributed by atoms with Crippen LogP contribution in [0.15, 0.2) is 50.7 Å². The molecular weight excluding hydrogens is 517 g/mol. The van der Waals surface area contributed by atoms with Crippen LogP contribution < -0.4 is 10.6 Å². The van der Waals surface area contributed by atoms with E-state index in [1.54, 1.807) is 35.1 Å². The molecule has 13 heteroatoms. The van der Waals surface area contributed by atoms with Gasteiger partial charge in [-0.05, 0) is 61.7 Å². The van der Waals surface area contributed by atoms with E-state index in [1.165, 1.54) is 16.8 Å². The van der Waals surface area contributed by atoms with Crippen molar-refractivity contribution >= 4 is 44.1 Å². The minimum atomic E-state index is -1.20. The molecule has 37 heavy (non-hydrogen) atoms. The van der Waals surface area contributed by atoms with Crippen molar-refractivity contribution in [2.45, 2.75) is 30.2 Å². The fraction of sp³-hybridized carbons (Fsp3) is 0.333. The Bertz CT molecular complexity index is 1680. The summed E-state index contributed by atoms with van der Waals surface area (Å²) in [5.74, 6) is 0.838. The number of likely N-dealkylation sites (tertiary alicyclic amines) is 1. The number of nitrogens with zero attached hydrogens (tertiary/aromatic N) is 6. The number of furan rings is 1. The Labute approximate surface area is 217 Å². The lowest BCUT2D eigenvalue weighted by Gasteiger charge is -2.32. The molecule has 0 radical (unpaired) electrons. The Hall–Kier alpha value is -3.42. The third-order valence-corrected chi connectivity index (χ3v) is 8.71. The summed E-state index contributed by atoms with van der Waals surface area (Å²) >= 11 is 1.07. The highest BCUT2D eigenvalue weighted by molar-refractivity contribution is 7.84. The number of hydrogen-bond acceptors (Lipinski definition) is 9. The third kappa shape index (κ3) is 4.36. The first-order valence-corrected chi connectivity index (χ1v) is 14.2. The fourth-order valence-corrected chi connectivity index (χ4v) is 6.32.